The number of benzene rings is 1. The molecule has 1 aromatic carbocycles. The molecule has 0 radical (unpaired) electrons. The van der Waals surface area contributed by atoms with Gasteiger partial charge in [-0.25, -0.2) is 9.02 Å². The molecule has 0 saturated heterocycles. The van der Waals surface area contributed by atoms with E-state index in [0.29, 0.717) is 17.8 Å². The van der Waals surface area contributed by atoms with Gasteiger partial charge in [-0.3, -0.25) is 0 Å². The molecule has 0 fully saturated rings. The van der Waals surface area contributed by atoms with Crippen LogP contribution in [0.15, 0.2) is 22.8 Å². The highest BCUT2D eigenvalue weighted by Crippen LogP contribution is 2.25. The fourth-order valence-corrected chi connectivity index (χ4v) is 1.82. The summed E-state index contributed by atoms with van der Waals surface area (Å²) in [6.07, 6.45) is 1.39. The molecule has 1 atom stereocenters. The van der Waals surface area contributed by atoms with Crippen LogP contribution in [0.4, 0.5) is 4.39 Å². The van der Waals surface area contributed by atoms with Gasteiger partial charge in [-0.15, -0.1) is 0 Å². The zero-order valence-electron chi connectivity index (χ0n) is 11.6. The Bertz CT molecular complexity index is 571. The predicted octanol–water partition coefficient (Wildman–Crippen LogP) is 2.38. The van der Waals surface area contributed by atoms with E-state index in [1.807, 2.05) is 13.0 Å². The van der Waals surface area contributed by atoms with E-state index in [1.165, 1.54) is 6.07 Å². The Morgan fingerprint density at radius 2 is 2.20 bits per heavy atom. The first kappa shape index (κ1) is 14.5. The van der Waals surface area contributed by atoms with Gasteiger partial charge in [0, 0.05) is 6.04 Å². The number of aromatic nitrogens is 2. The van der Waals surface area contributed by atoms with Gasteiger partial charge in [0.2, 0.25) is 0 Å². The Morgan fingerprint density at radius 1 is 1.40 bits per heavy atom. The number of nitrogens with zero attached hydrogens (tertiary/aromatic N) is 2. The monoisotopic (exact) mass is 279 g/mol. The van der Waals surface area contributed by atoms with E-state index in [4.69, 9.17) is 10.5 Å². The molecule has 2 rings (SSSR count). The van der Waals surface area contributed by atoms with Crippen LogP contribution in [-0.4, -0.2) is 16.4 Å². The lowest BCUT2D eigenvalue weighted by Gasteiger charge is -2.14. The van der Waals surface area contributed by atoms with Crippen molar-refractivity contribution in [1.82, 2.24) is 10.3 Å². The minimum atomic E-state index is -0.403. The van der Waals surface area contributed by atoms with Crippen LogP contribution in [0.3, 0.4) is 0 Å². The maximum Gasteiger partial charge on any atom is 0.165 e. The van der Waals surface area contributed by atoms with Gasteiger partial charge < -0.3 is 10.5 Å². The van der Waals surface area contributed by atoms with E-state index < -0.39 is 5.82 Å². The van der Waals surface area contributed by atoms with Crippen molar-refractivity contribution in [3.8, 4) is 5.75 Å². The van der Waals surface area contributed by atoms with Crippen LogP contribution in [-0.2, 0) is 13.0 Å². The molecular formula is C14H18FN3O2. The molecule has 5 nitrogen and oxygen atoms in total. The topological polar surface area (TPSA) is 74.2 Å². The second kappa shape index (κ2) is 6.47. The average molecular weight is 279 g/mol. The van der Waals surface area contributed by atoms with Crippen LogP contribution in [0.5, 0.6) is 5.75 Å². The molecule has 20 heavy (non-hydrogen) atoms. The average Bonchev–Trinajstić information content (AvgIpc) is 2.83. The fraction of sp³-hybridized carbons (Fsp3) is 0.429. The van der Waals surface area contributed by atoms with Gasteiger partial charge in [0.15, 0.2) is 11.6 Å². The fourth-order valence-electron chi connectivity index (χ4n) is 1.82. The molecule has 6 heteroatoms. The standard InChI is InChI=1S/C14H18FN3O2/c1-3-11(16)7-10-5-4-6-12(15)14(10)19-8-13-9(2)17-20-18-13/h4-6,11H,3,7-8,16H2,1-2H3. The molecule has 2 aromatic rings. The predicted molar refractivity (Wildman–Crippen MR) is 71.7 cm³/mol. The molecule has 1 unspecified atom stereocenters. The van der Waals surface area contributed by atoms with E-state index in [0.717, 1.165) is 12.0 Å². The molecule has 0 spiro atoms. The van der Waals surface area contributed by atoms with Gasteiger partial charge in [0.25, 0.3) is 0 Å². The normalized spacial score (nSPS) is 12.4. The highest BCUT2D eigenvalue weighted by atomic mass is 19.1. The maximum absolute atomic E-state index is 13.9. The summed E-state index contributed by atoms with van der Waals surface area (Å²) in [5, 5.41) is 7.36. The first-order valence-electron chi connectivity index (χ1n) is 6.55. The third-order valence-corrected chi connectivity index (χ3v) is 3.15. The smallest absolute Gasteiger partial charge is 0.165 e. The molecule has 0 aliphatic heterocycles. The zero-order chi connectivity index (χ0) is 14.5. The highest BCUT2D eigenvalue weighted by Gasteiger charge is 2.14. The SMILES string of the molecule is CCC(N)Cc1cccc(F)c1OCc1nonc1C. The van der Waals surface area contributed by atoms with Gasteiger partial charge in [0.05, 0.1) is 0 Å². The number of rotatable bonds is 6. The molecule has 0 saturated carbocycles. The van der Waals surface area contributed by atoms with Crippen molar-refractivity contribution in [3.63, 3.8) is 0 Å². The molecule has 0 bridgehead atoms. The van der Waals surface area contributed by atoms with Gasteiger partial charge in [-0.1, -0.05) is 29.4 Å². The third kappa shape index (κ3) is 3.33. The second-order valence-corrected chi connectivity index (χ2v) is 4.69. The van der Waals surface area contributed by atoms with Crippen LogP contribution < -0.4 is 10.5 Å². The number of para-hydroxylation sites is 1. The lowest BCUT2D eigenvalue weighted by atomic mass is 10.0. The zero-order valence-corrected chi connectivity index (χ0v) is 11.6. The minimum absolute atomic E-state index is 0.0189. The van der Waals surface area contributed by atoms with E-state index in [2.05, 4.69) is 14.9 Å². The Labute approximate surface area is 116 Å². The maximum atomic E-state index is 13.9. The van der Waals surface area contributed by atoms with Crippen molar-refractivity contribution in [1.29, 1.82) is 0 Å². The Balaban J connectivity index is 2.15. The largest absolute Gasteiger partial charge is 0.484 e. The highest BCUT2D eigenvalue weighted by molar-refractivity contribution is 5.35. The number of hydrogen-bond donors (Lipinski definition) is 1. The lowest BCUT2D eigenvalue weighted by molar-refractivity contribution is 0.260. The van der Waals surface area contributed by atoms with Crippen molar-refractivity contribution in [2.24, 2.45) is 5.73 Å². The molecule has 1 heterocycles. The van der Waals surface area contributed by atoms with Crippen molar-refractivity contribution in [3.05, 3.63) is 41.0 Å². The molecule has 0 amide bonds. The number of aryl methyl sites for hydroxylation is 1. The molecule has 108 valence electrons. The van der Waals surface area contributed by atoms with Crippen LogP contribution in [0, 0.1) is 12.7 Å². The van der Waals surface area contributed by atoms with E-state index in [1.54, 1.807) is 13.0 Å². The van der Waals surface area contributed by atoms with E-state index >= 15 is 0 Å². The number of hydrogen-bond acceptors (Lipinski definition) is 5. The third-order valence-electron chi connectivity index (χ3n) is 3.15. The van der Waals surface area contributed by atoms with Crippen LogP contribution in [0.2, 0.25) is 0 Å². The number of ether oxygens (including phenoxy) is 1. The Morgan fingerprint density at radius 3 is 2.85 bits per heavy atom. The first-order chi connectivity index (χ1) is 9.61. The number of nitrogens with two attached hydrogens (primary N) is 1. The molecule has 0 aliphatic carbocycles. The minimum Gasteiger partial charge on any atom is -0.484 e. The summed E-state index contributed by atoms with van der Waals surface area (Å²) in [6.45, 7) is 3.87. The van der Waals surface area contributed by atoms with Crippen LogP contribution in [0.1, 0.15) is 30.3 Å². The Hall–Kier alpha value is -1.95. The summed E-state index contributed by atoms with van der Waals surface area (Å²) in [4.78, 5) is 0. The molecular weight excluding hydrogens is 261 g/mol. The second-order valence-electron chi connectivity index (χ2n) is 4.69. The van der Waals surface area contributed by atoms with Gasteiger partial charge >= 0.3 is 0 Å². The van der Waals surface area contributed by atoms with Crippen LogP contribution >= 0.6 is 0 Å². The quantitative estimate of drug-likeness (QED) is 0.878. The van der Waals surface area contributed by atoms with Gasteiger partial charge in [-0.05, 0) is 31.4 Å². The van der Waals surface area contributed by atoms with Crippen molar-refractivity contribution in [2.75, 3.05) is 0 Å². The van der Waals surface area contributed by atoms with Crippen molar-refractivity contribution < 1.29 is 13.8 Å². The van der Waals surface area contributed by atoms with Crippen molar-refractivity contribution >= 4 is 0 Å². The van der Waals surface area contributed by atoms with E-state index in [-0.39, 0.29) is 18.4 Å². The lowest BCUT2D eigenvalue weighted by Crippen LogP contribution is -2.22. The Kier molecular flexibility index (Phi) is 4.68. The molecule has 2 N–H and O–H groups in total. The van der Waals surface area contributed by atoms with Gasteiger partial charge in [-0.2, -0.15) is 0 Å². The van der Waals surface area contributed by atoms with Crippen molar-refractivity contribution in [2.45, 2.75) is 39.3 Å². The van der Waals surface area contributed by atoms with Gasteiger partial charge in [0.1, 0.15) is 18.0 Å². The summed E-state index contributed by atoms with van der Waals surface area (Å²) < 4.78 is 24.0. The molecule has 1 aromatic heterocycles. The summed E-state index contributed by atoms with van der Waals surface area (Å²) in [6, 6.07) is 4.82. The summed E-state index contributed by atoms with van der Waals surface area (Å²) >= 11 is 0. The van der Waals surface area contributed by atoms with Crippen LogP contribution in [0.25, 0.3) is 0 Å². The summed E-state index contributed by atoms with van der Waals surface area (Å²) in [5.74, 6) is -0.182. The first-order valence-corrected chi connectivity index (χ1v) is 6.55. The molecule has 0 aliphatic rings. The summed E-state index contributed by atoms with van der Waals surface area (Å²) in [7, 11) is 0. The number of halogens is 1. The summed E-state index contributed by atoms with van der Waals surface area (Å²) in [5.41, 5.74) is 7.87. The van der Waals surface area contributed by atoms with E-state index in [9.17, 15) is 4.39 Å².